The first-order chi connectivity index (χ1) is 14.5. The van der Waals surface area contributed by atoms with E-state index in [1.807, 2.05) is 31.2 Å². The lowest BCUT2D eigenvalue weighted by Crippen LogP contribution is -2.28. The Labute approximate surface area is 182 Å². The highest BCUT2D eigenvalue weighted by molar-refractivity contribution is 7.99. The Morgan fingerprint density at radius 1 is 1.33 bits per heavy atom. The van der Waals surface area contributed by atoms with E-state index in [0.717, 1.165) is 49.2 Å². The second-order valence-corrected chi connectivity index (χ2v) is 10.3. The number of fused-ring (bicyclic) bond motifs is 5. The highest BCUT2D eigenvalue weighted by Crippen LogP contribution is 2.37. The van der Waals surface area contributed by atoms with E-state index in [2.05, 4.69) is 35.4 Å². The number of rotatable bonds is 4. The van der Waals surface area contributed by atoms with Crippen molar-refractivity contribution in [3.63, 3.8) is 0 Å². The van der Waals surface area contributed by atoms with Gasteiger partial charge in [0.25, 0.3) is 5.56 Å². The molecule has 1 aliphatic heterocycles. The van der Waals surface area contributed by atoms with Gasteiger partial charge in [0.15, 0.2) is 5.16 Å². The first kappa shape index (κ1) is 19.8. The quantitative estimate of drug-likeness (QED) is 0.434. The maximum atomic E-state index is 13.9. The van der Waals surface area contributed by atoms with Crippen molar-refractivity contribution in [1.82, 2.24) is 19.2 Å². The average Bonchev–Trinajstić information content (AvgIpc) is 3.29. The molecule has 0 spiro atoms. The average molecular weight is 441 g/mol. The van der Waals surface area contributed by atoms with E-state index in [4.69, 9.17) is 4.74 Å². The van der Waals surface area contributed by atoms with Crippen molar-refractivity contribution < 1.29 is 4.74 Å². The molecule has 0 radical (unpaired) electrons. The fourth-order valence-corrected chi connectivity index (χ4v) is 6.05. The predicted molar refractivity (Wildman–Crippen MR) is 122 cm³/mol. The standard InChI is InChI=1S/C22H24N4O2S2/c1-5-29-22-24-23-21-25(14-8-6-7-13(4)9-14)19(27)18-15-10-16(12(2)3)28-11-17(15)30-20(18)26(21)22/h6-9,12,16H,5,10-11H2,1-4H3/t16-/m1/s1. The van der Waals surface area contributed by atoms with Gasteiger partial charge in [0.2, 0.25) is 5.78 Å². The van der Waals surface area contributed by atoms with Gasteiger partial charge in [0.05, 0.1) is 23.8 Å². The number of thiophene rings is 1. The molecule has 4 aromatic rings. The molecule has 3 aromatic heterocycles. The smallest absolute Gasteiger partial charge is 0.268 e. The Balaban J connectivity index is 1.89. The van der Waals surface area contributed by atoms with Crippen molar-refractivity contribution in [1.29, 1.82) is 0 Å². The number of ether oxygens (including phenoxy) is 1. The predicted octanol–water partition coefficient (Wildman–Crippen LogP) is 4.61. The summed E-state index contributed by atoms with van der Waals surface area (Å²) in [5.74, 6) is 1.85. The maximum absolute atomic E-state index is 13.9. The van der Waals surface area contributed by atoms with Gasteiger partial charge >= 0.3 is 0 Å². The topological polar surface area (TPSA) is 61.4 Å². The monoisotopic (exact) mass is 440 g/mol. The van der Waals surface area contributed by atoms with E-state index >= 15 is 0 Å². The zero-order valence-electron chi connectivity index (χ0n) is 17.5. The summed E-state index contributed by atoms with van der Waals surface area (Å²) in [6.07, 6.45) is 0.892. The molecule has 1 aliphatic rings. The minimum atomic E-state index is -0.0227. The van der Waals surface area contributed by atoms with Gasteiger partial charge in [-0.1, -0.05) is 44.7 Å². The number of benzene rings is 1. The van der Waals surface area contributed by atoms with Crippen LogP contribution in [0, 0.1) is 12.8 Å². The Morgan fingerprint density at radius 3 is 2.90 bits per heavy atom. The van der Waals surface area contributed by atoms with Gasteiger partial charge in [-0.3, -0.25) is 4.79 Å². The fourth-order valence-electron chi connectivity index (χ4n) is 4.09. The summed E-state index contributed by atoms with van der Waals surface area (Å²) in [7, 11) is 0. The van der Waals surface area contributed by atoms with Gasteiger partial charge in [0.1, 0.15) is 4.83 Å². The minimum absolute atomic E-state index is 0.0227. The number of hydrogen-bond donors (Lipinski definition) is 0. The summed E-state index contributed by atoms with van der Waals surface area (Å²) in [6, 6.07) is 7.98. The van der Waals surface area contributed by atoms with Crippen LogP contribution in [0.3, 0.4) is 0 Å². The third-order valence-corrected chi connectivity index (χ3v) is 7.62. The number of nitrogens with zero attached hydrogens (tertiary/aromatic N) is 4. The van der Waals surface area contributed by atoms with Crippen molar-refractivity contribution in [3.8, 4) is 5.69 Å². The molecule has 6 nitrogen and oxygen atoms in total. The van der Waals surface area contributed by atoms with Gasteiger partial charge in [-0.05, 0) is 41.9 Å². The summed E-state index contributed by atoms with van der Waals surface area (Å²) in [5, 5.41) is 10.5. The molecular formula is C22H24N4O2S2. The molecule has 0 fully saturated rings. The van der Waals surface area contributed by atoms with Crippen molar-refractivity contribution >= 4 is 39.1 Å². The van der Waals surface area contributed by atoms with Crippen LogP contribution in [0.2, 0.25) is 0 Å². The van der Waals surface area contributed by atoms with Crippen LogP contribution >= 0.6 is 23.1 Å². The lowest BCUT2D eigenvalue weighted by Gasteiger charge is -2.26. The van der Waals surface area contributed by atoms with Crippen molar-refractivity contribution in [2.45, 2.75) is 52.0 Å². The lowest BCUT2D eigenvalue weighted by molar-refractivity contribution is 0.00200. The summed E-state index contributed by atoms with van der Waals surface area (Å²) in [5.41, 5.74) is 3.03. The van der Waals surface area contributed by atoms with Crippen molar-refractivity contribution in [2.75, 3.05) is 5.75 Å². The highest BCUT2D eigenvalue weighted by Gasteiger charge is 2.30. The zero-order chi connectivity index (χ0) is 21.0. The van der Waals surface area contributed by atoms with Crippen molar-refractivity contribution in [3.05, 3.63) is 50.6 Å². The summed E-state index contributed by atoms with van der Waals surface area (Å²) < 4.78 is 9.87. The highest BCUT2D eigenvalue weighted by atomic mass is 32.2. The molecule has 0 amide bonds. The van der Waals surface area contributed by atoms with Crippen LogP contribution in [0.25, 0.3) is 21.7 Å². The maximum Gasteiger partial charge on any atom is 0.268 e. The Kier molecular flexibility index (Phi) is 4.95. The van der Waals surface area contributed by atoms with E-state index in [1.165, 1.54) is 0 Å². The van der Waals surface area contributed by atoms with E-state index in [-0.39, 0.29) is 11.7 Å². The molecule has 1 atom stereocenters. The van der Waals surface area contributed by atoms with Crippen LogP contribution in [0.4, 0.5) is 0 Å². The van der Waals surface area contributed by atoms with Crippen LogP contribution in [-0.4, -0.2) is 31.0 Å². The summed E-state index contributed by atoms with van der Waals surface area (Å²) in [4.78, 5) is 15.9. The SMILES string of the molecule is CCSc1nnc2n(-c3cccc(C)c3)c(=O)c3c4c(sc3n12)CO[C@@H](C(C)C)C4. The first-order valence-electron chi connectivity index (χ1n) is 10.3. The lowest BCUT2D eigenvalue weighted by atomic mass is 9.96. The normalized spacial score (nSPS) is 16.6. The fraction of sp³-hybridized carbons (Fsp3) is 0.409. The van der Waals surface area contributed by atoms with Gasteiger partial charge in [0, 0.05) is 11.3 Å². The molecule has 8 heteroatoms. The number of hydrogen-bond acceptors (Lipinski definition) is 6. The van der Waals surface area contributed by atoms with E-state index in [0.29, 0.717) is 18.3 Å². The van der Waals surface area contributed by atoms with Crippen molar-refractivity contribution in [2.24, 2.45) is 5.92 Å². The van der Waals surface area contributed by atoms with Gasteiger partial charge < -0.3 is 4.74 Å². The van der Waals surface area contributed by atoms with E-state index in [1.54, 1.807) is 27.7 Å². The van der Waals surface area contributed by atoms with Crippen LogP contribution in [0.5, 0.6) is 0 Å². The third kappa shape index (κ3) is 3.01. The number of thioether (sulfide) groups is 1. The number of aromatic nitrogens is 4. The molecule has 30 heavy (non-hydrogen) atoms. The van der Waals surface area contributed by atoms with Crippen LogP contribution in [0.1, 0.15) is 36.8 Å². The Hall–Kier alpha value is -2.16. The summed E-state index contributed by atoms with van der Waals surface area (Å²) in [6.45, 7) is 9.03. The largest absolute Gasteiger partial charge is 0.372 e. The van der Waals surface area contributed by atoms with Gasteiger partial charge in [-0.25, -0.2) is 8.97 Å². The second kappa shape index (κ2) is 7.51. The second-order valence-electron chi connectivity index (χ2n) is 8.01. The molecule has 5 rings (SSSR count). The molecule has 0 bridgehead atoms. The molecule has 0 aliphatic carbocycles. The molecule has 4 heterocycles. The molecule has 0 saturated heterocycles. The van der Waals surface area contributed by atoms with Gasteiger partial charge in [-0.15, -0.1) is 21.5 Å². The first-order valence-corrected chi connectivity index (χ1v) is 12.1. The summed E-state index contributed by atoms with van der Waals surface area (Å²) >= 11 is 3.28. The molecule has 1 aromatic carbocycles. The van der Waals surface area contributed by atoms with E-state index < -0.39 is 0 Å². The third-order valence-electron chi connectivity index (χ3n) is 5.62. The van der Waals surface area contributed by atoms with Crippen LogP contribution < -0.4 is 5.56 Å². The van der Waals surface area contributed by atoms with E-state index in [9.17, 15) is 4.79 Å². The minimum Gasteiger partial charge on any atom is -0.372 e. The molecule has 0 saturated carbocycles. The van der Waals surface area contributed by atoms with Crippen LogP contribution in [0.15, 0.2) is 34.2 Å². The van der Waals surface area contributed by atoms with Gasteiger partial charge in [-0.2, -0.15) is 0 Å². The molecule has 0 unspecified atom stereocenters. The Morgan fingerprint density at radius 2 is 2.17 bits per heavy atom. The van der Waals surface area contributed by atoms with Crippen LogP contribution in [-0.2, 0) is 17.8 Å². The Bertz CT molecular complexity index is 1320. The number of aryl methyl sites for hydroxylation is 1. The molecular weight excluding hydrogens is 416 g/mol. The zero-order valence-corrected chi connectivity index (χ0v) is 19.1. The molecule has 156 valence electrons. The molecule has 0 N–H and O–H groups in total.